The van der Waals surface area contributed by atoms with Gasteiger partial charge < -0.3 is 10.4 Å². The molecule has 0 fully saturated rings. The highest BCUT2D eigenvalue weighted by molar-refractivity contribution is 6.27. The van der Waals surface area contributed by atoms with Crippen molar-refractivity contribution in [3.05, 3.63) is 71.3 Å². The van der Waals surface area contributed by atoms with E-state index < -0.39 is 35.6 Å². The van der Waals surface area contributed by atoms with E-state index >= 15 is 0 Å². The van der Waals surface area contributed by atoms with Gasteiger partial charge in [-0.2, -0.15) is 5.10 Å². The number of carboxylic acids is 1. The van der Waals surface area contributed by atoms with Crippen LogP contribution in [0, 0.1) is 0 Å². The summed E-state index contributed by atoms with van der Waals surface area (Å²) >= 11 is 5.40. The van der Waals surface area contributed by atoms with Gasteiger partial charge in [0.2, 0.25) is 11.8 Å². The molecule has 11 nitrogen and oxygen atoms in total. The zero-order valence-electron chi connectivity index (χ0n) is 24.6. The number of hydrazine groups is 1. The van der Waals surface area contributed by atoms with Gasteiger partial charge in [0.05, 0.1) is 6.54 Å². The van der Waals surface area contributed by atoms with E-state index in [0.29, 0.717) is 17.7 Å². The number of carbonyl (C=O) groups is 4. The summed E-state index contributed by atoms with van der Waals surface area (Å²) in [5, 5.41) is 16.2. The lowest BCUT2D eigenvalue weighted by Gasteiger charge is -2.14. The second-order valence-electron chi connectivity index (χ2n) is 10.2. The van der Waals surface area contributed by atoms with E-state index in [-0.39, 0.29) is 12.8 Å². The number of hydrogen-bond donors (Lipinski definition) is 4. The van der Waals surface area contributed by atoms with E-state index in [2.05, 4.69) is 30.0 Å². The van der Waals surface area contributed by atoms with Crippen LogP contribution in [0.15, 0.2) is 48.5 Å². The summed E-state index contributed by atoms with van der Waals surface area (Å²) in [4.78, 5) is 52.7. The molecule has 3 amide bonds. The molecule has 0 aliphatic rings. The molecule has 4 N–H and O–H groups in total. The average molecular weight is 611 g/mol. The number of rotatable bonds is 16. The number of aliphatic carboxylic acids is 1. The van der Waals surface area contributed by atoms with Gasteiger partial charge in [0.25, 0.3) is 5.91 Å². The van der Waals surface area contributed by atoms with Crippen molar-refractivity contribution in [1.29, 1.82) is 0 Å². The highest BCUT2D eigenvalue weighted by Gasteiger charge is 2.21. The van der Waals surface area contributed by atoms with Crippen molar-refractivity contribution in [2.75, 3.05) is 5.88 Å². The normalized spacial score (nSPS) is 11.5. The van der Waals surface area contributed by atoms with Crippen LogP contribution in [0.1, 0.15) is 79.9 Å². The highest BCUT2D eigenvalue weighted by Crippen LogP contribution is 2.24. The first-order valence-electron chi connectivity index (χ1n) is 14.5. The number of amides is 3. The Kier molecular flexibility index (Phi) is 13.2. The number of carbonyl (C=O) groups excluding carboxylic acids is 3. The van der Waals surface area contributed by atoms with E-state index in [4.69, 9.17) is 21.7 Å². The van der Waals surface area contributed by atoms with E-state index in [1.54, 1.807) is 12.1 Å². The molecule has 1 heterocycles. The minimum Gasteiger partial charge on any atom is -0.480 e. The number of halogens is 1. The first-order valence-corrected chi connectivity index (χ1v) is 15.1. The monoisotopic (exact) mass is 610 g/mol. The lowest BCUT2D eigenvalue weighted by molar-refractivity contribution is -0.141. The maximum absolute atomic E-state index is 13.0. The summed E-state index contributed by atoms with van der Waals surface area (Å²) in [6.07, 6.45) is 5.64. The largest absolute Gasteiger partial charge is 0.480 e. The number of alkyl halides is 1. The molecule has 43 heavy (non-hydrogen) atoms. The molecule has 3 aromatic rings. The fraction of sp³-hybridized carbons (Fsp3) is 0.419. The average Bonchev–Trinajstić information content (AvgIpc) is 3.40. The van der Waals surface area contributed by atoms with Crippen LogP contribution in [-0.2, 0) is 33.8 Å². The van der Waals surface area contributed by atoms with E-state index in [0.717, 1.165) is 61.3 Å². The fourth-order valence-corrected chi connectivity index (χ4v) is 4.51. The van der Waals surface area contributed by atoms with Crippen molar-refractivity contribution < 1.29 is 24.3 Å². The lowest BCUT2D eigenvalue weighted by Crippen LogP contribution is -2.44. The zero-order valence-corrected chi connectivity index (χ0v) is 25.3. The van der Waals surface area contributed by atoms with Crippen molar-refractivity contribution in [1.82, 2.24) is 30.9 Å². The minimum absolute atomic E-state index is 0.169. The molecule has 1 aromatic heterocycles. The standard InChI is InChI=1S/C31H39ClN6O5/c1-3-5-11-26-34-27(12-6-4-2)38(37-26)20-21-13-15-22(16-14-21)23-9-7-8-10-24(23)30(41)36-35-28(39)18-17-25(31(42)43)33-29(40)19-32/h7-10,13-16,25H,3-6,11-12,17-20H2,1-2H3,(H,33,40)(H,35,39)(H,36,41)(H,42,43). The molecule has 0 aliphatic heterocycles. The fourth-order valence-electron chi connectivity index (χ4n) is 4.43. The Bertz CT molecular complexity index is 1390. The number of carboxylic acid groups (broad SMARTS) is 1. The van der Waals surface area contributed by atoms with Gasteiger partial charge in [-0.25, -0.2) is 14.5 Å². The summed E-state index contributed by atoms with van der Waals surface area (Å²) < 4.78 is 1.99. The van der Waals surface area contributed by atoms with Crippen LogP contribution in [0.25, 0.3) is 11.1 Å². The maximum Gasteiger partial charge on any atom is 0.326 e. The van der Waals surface area contributed by atoms with Gasteiger partial charge >= 0.3 is 5.97 Å². The molecule has 0 spiro atoms. The molecule has 12 heteroatoms. The van der Waals surface area contributed by atoms with E-state index in [1.165, 1.54) is 0 Å². The van der Waals surface area contributed by atoms with Gasteiger partial charge in [-0.3, -0.25) is 25.2 Å². The predicted molar refractivity (Wildman–Crippen MR) is 163 cm³/mol. The topological polar surface area (TPSA) is 155 Å². The van der Waals surface area contributed by atoms with Crippen molar-refractivity contribution in [3.8, 4) is 11.1 Å². The Labute approximate surface area is 256 Å². The number of benzene rings is 2. The molecular formula is C31H39ClN6O5. The summed E-state index contributed by atoms with van der Waals surface area (Å²) in [7, 11) is 0. The van der Waals surface area contributed by atoms with Crippen LogP contribution in [0.2, 0.25) is 0 Å². The van der Waals surface area contributed by atoms with Gasteiger partial charge in [0.15, 0.2) is 5.82 Å². The van der Waals surface area contributed by atoms with Crippen LogP contribution >= 0.6 is 11.6 Å². The summed E-state index contributed by atoms with van der Waals surface area (Å²) in [6.45, 7) is 4.92. The Morgan fingerprint density at radius 1 is 0.930 bits per heavy atom. The van der Waals surface area contributed by atoms with Crippen molar-refractivity contribution >= 4 is 35.3 Å². The Hall–Kier alpha value is -4.25. The third kappa shape index (κ3) is 10.2. The number of aromatic nitrogens is 3. The van der Waals surface area contributed by atoms with Crippen LogP contribution in [0.3, 0.4) is 0 Å². The molecule has 0 aliphatic carbocycles. The van der Waals surface area contributed by atoms with Crippen LogP contribution in [-0.4, -0.2) is 55.5 Å². The number of aryl methyl sites for hydroxylation is 2. The molecule has 2 aromatic carbocycles. The number of nitrogens with one attached hydrogen (secondary N) is 3. The van der Waals surface area contributed by atoms with E-state index in [9.17, 15) is 24.3 Å². The molecule has 0 radical (unpaired) electrons. The third-order valence-corrected chi connectivity index (χ3v) is 7.04. The minimum atomic E-state index is -1.29. The van der Waals surface area contributed by atoms with Crippen molar-refractivity contribution in [3.63, 3.8) is 0 Å². The van der Waals surface area contributed by atoms with Crippen molar-refractivity contribution in [2.45, 2.75) is 77.8 Å². The summed E-state index contributed by atoms with van der Waals surface area (Å²) in [5.41, 5.74) is 7.61. The SMILES string of the molecule is CCCCc1nc(CCCC)n(Cc2ccc(-c3ccccc3C(=O)NNC(=O)CCC(NC(=O)CCl)C(=O)O)cc2)n1. The molecule has 230 valence electrons. The molecule has 1 atom stereocenters. The number of hydrogen-bond acceptors (Lipinski definition) is 6. The molecule has 3 rings (SSSR count). The van der Waals surface area contributed by atoms with Gasteiger partial charge in [-0.05, 0) is 42.0 Å². The number of nitrogens with zero attached hydrogens (tertiary/aromatic N) is 3. The van der Waals surface area contributed by atoms with Crippen molar-refractivity contribution in [2.24, 2.45) is 0 Å². The van der Waals surface area contributed by atoms with Gasteiger partial charge in [0, 0.05) is 24.8 Å². The predicted octanol–water partition coefficient (Wildman–Crippen LogP) is 4.03. The van der Waals surface area contributed by atoms with Gasteiger partial charge in [0.1, 0.15) is 17.7 Å². The van der Waals surface area contributed by atoms with Crippen LogP contribution in [0.5, 0.6) is 0 Å². The molecular weight excluding hydrogens is 572 g/mol. The van der Waals surface area contributed by atoms with Crippen LogP contribution < -0.4 is 16.2 Å². The maximum atomic E-state index is 13.0. The Balaban J connectivity index is 1.64. The van der Waals surface area contributed by atoms with E-state index in [1.807, 2.05) is 41.1 Å². The van der Waals surface area contributed by atoms with Crippen LogP contribution in [0.4, 0.5) is 0 Å². The van der Waals surface area contributed by atoms with Gasteiger partial charge in [-0.1, -0.05) is 69.2 Å². The third-order valence-electron chi connectivity index (χ3n) is 6.80. The second-order valence-corrected chi connectivity index (χ2v) is 10.5. The van der Waals surface area contributed by atoms with Gasteiger partial charge in [-0.15, -0.1) is 11.6 Å². The Morgan fingerprint density at radius 2 is 1.63 bits per heavy atom. The molecule has 0 bridgehead atoms. The summed E-state index contributed by atoms with van der Waals surface area (Å²) in [6, 6.07) is 13.7. The molecule has 0 saturated carbocycles. The highest BCUT2D eigenvalue weighted by atomic mass is 35.5. The quantitative estimate of drug-likeness (QED) is 0.141. The Morgan fingerprint density at radius 3 is 2.30 bits per heavy atom. The molecule has 1 unspecified atom stereocenters. The first-order chi connectivity index (χ1) is 20.7. The first kappa shape index (κ1) is 33.3. The number of unbranched alkanes of at least 4 members (excludes halogenated alkanes) is 2. The summed E-state index contributed by atoms with van der Waals surface area (Å²) in [5.74, 6) is -1.58. The zero-order chi connectivity index (χ0) is 31.2. The smallest absolute Gasteiger partial charge is 0.326 e. The second kappa shape index (κ2) is 17.0. The molecule has 0 saturated heterocycles. The lowest BCUT2D eigenvalue weighted by atomic mass is 9.98.